The maximum Gasteiger partial charge on any atom is 0.137 e. The molecule has 1 aliphatic carbocycles. The molecular formula is C15H24ClN3O. The average Bonchev–Trinajstić information content (AvgIpc) is 2.87. The summed E-state index contributed by atoms with van der Waals surface area (Å²) in [6.45, 7) is 7.18. The van der Waals surface area contributed by atoms with E-state index in [-0.39, 0.29) is 12.5 Å². The molecule has 0 bridgehead atoms. The Hall–Kier alpha value is -0.870. The van der Waals surface area contributed by atoms with Crippen molar-refractivity contribution in [2.24, 2.45) is 11.8 Å². The highest BCUT2D eigenvalue weighted by atomic mass is 35.5. The number of aliphatic hydroxyl groups is 1. The molecule has 4 nitrogen and oxygen atoms in total. The third-order valence-electron chi connectivity index (χ3n) is 4.20. The van der Waals surface area contributed by atoms with Crippen LogP contribution in [0, 0.1) is 18.8 Å². The Morgan fingerprint density at radius 3 is 2.65 bits per heavy atom. The molecule has 112 valence electrons. The minimum absolute atomic E-state index is 0.255. The van der Waals surface area contributed by atoms with Gasteiger partial charge in [0.2, 0.25) is 0 Å². The summed E-state index contributed by atoms with van der Waals surface area (Å²) in [4.78, 5) is 8.89. The highest BCUT2D eigenvalue weighted by molar-refractivity contribution is 6.30. The zero-order chi connectivity index (χ0) is 14.7. The van der Waals surface area contributed by atoms with E-state index < -0.39 is 0 Å². The Morgan fingerprint density at radius 1 is 1.30 bits per heavy atom. The first-order chi connectivity index (χ1) is 9.52. The van der Waals surface area contributed by atoms with Crippen molar-refractivity contribution < 1.29 is 5.11 Å². The number of aromatic nitrogens is 2. The molecule has 1 aromatic heterocycles. The van der Waals surface area contributed by atoms with Crippen LogP contribution >= 0.6 is 11.6 Å². The van der Waals surface area contributed by atoms with Gasteiger partial charge in [-0.2, -0.15) is 0 Å². The van der Waals surface area contributed by atoms with E-state index in [1.807, 2.05) is 6.92 Å². The Morgan fingerprint density at radius 2 is 2.00 bits per heavy atom. The van der Waals surface area contributed by atoms with Gasteiger partial charge >= 0.3 is 0 Å². The summed E-state index contributed by atoms with van der Waals surface area (Å²) >= 11 is 6.18. The minimum atomic E-state index is 0.255. The van der Waals surface area contributed by atoms with Crippen LogP contribution in [0.4, 0.5) is 5.82 Å². The second-order valence-corrected chi connectivity index (χ2v) is 6.37. The summed E-state index contributed by atoms with van der Waals surface area (Å²) in [5.41, 5.74) is 0.898. The molecular weight excluding hydrogens is 274 g/mol. The Bertz CT molecular complexity index is 465. The lowest BCUT2D eigenvalue weighted by Gasteiger charge is -2.19. The molecule has 5 heteroatoms. The van der Waals surface area contributed by atoms with Gasteiger partial charge in [-0.3, -0.25) is 0 Å². The smallest absolute Gasteiger partial charge is 0.137 e. The molecule has 2 rings (SSSR count). The molecule has 0 radical (unpaired) electrons. The molecule has 2 N–H and O–H groups in total. The Kier molecular flexibility index (Phi) is 5.22. The molecule has 0 spiro atoms. The number of halogens is 1. The van der Waals surface area contributed by atoms with Crippen molar-refractivity contribution >= 4 is 17.4 Å². The molecule has 1 fully saturated rings. The molecule has 2 unspecified atom stereocenters. The number of hydrogen-bond donors (Lipinski definition) is 2. The number of aliphatic hydroxyl groups excluding tert-OH is 1. The van der Waals surface area contributed by atoms with Gasteiger partial charge in [0, 0.05) is 24.6 Å². The summed E-state index contributed by atoms with van der Waals surface area (Å²) in [5.74, 6) is 2.80. The van der Waals surface area contributed by atoms with Gasteiger partial charge in [-0.15, -0.1) is 0 Å². The van der Waals surface area contributed by atoms with Crippen LogP contribution in [0.3, 0.4) is 0 Å². The first-order valence-electron chi connectivity index (χ1n) is 7.41. The van der Waals surface area contributed by atoms with Gasteiger partial charge in [0.05, 0.1) is 0 Å². The lowest BCUT2D eigenvalue weighted by Crippen LogP contribution is -2.22. The van der Waals surface area contributed by atoms with E-state index in [0.29, 0.717) is 17.0 Å². The first kappa shape index (κ1) is 15.5. The van der Waals surface area contributed by atoms with E-state index in [9.17, 15) is 5.11 Å². The van der Waals surface area contributed by atoms with E-state index in [1.54, 1.807) is 0 Å². The number of rotatable bonds is 5. The number of nitrogens with one attached hydrogen (secondary N) is 1. The largest absolute Gasteiger partial charge is 0.396 e. The summed E-state index contributed by atoms with van der Waals surface area (Å²) < 4.78 is 0. The Labute approximate surface area is 126 Å². The van der Waals surface area contributed by atoms with Crippen LogP contribution in [0.2, 0.25) is 5.15 Å². The molecule has 0 aromatic carbocycles. The van der Waals surface area contributed by atoms with E-state index >= 15 is 0 Å². The maximum absolute atomic E-state index is 9.37. The molecule has 1 aliphatic rings. The Balaban J connectivity index is 2.08. The topological polar surface area (TPSA) is 58.0 Å². The highest BCUT2D eigenvalue weighted by Crippen LogP contribution is 2.32. The van der Waals surface area contributed by atoms with Crippen LogP contribution < -0.4 is 5.32 Å². The van der Waals surface area contributed by atoms with Crippen molar-refractivity contribution in [3.05, 3.63) is 16.5 Å². The summed E-state index contributed by atoms with van der Waals surface area (Å²) in [6, 6.07) is 0. The van der Waals surface area contributed by atoms with Crippen LogP contribution in [-0.2, 0) is 0 Å². The predicted molar refractivity (Wildman–Crippen MR) is 82.3 cm³/mol. The summed E-state index contributed by atoms with van der Waals surface area (Å²) in [5, 5.41) is 13.3. The van der Waals surface area contributed by atoms with Crippen LogP contribution in [0.1, 0.15) is 50.4 Å². The minimum Gasteiger partial charge on any atom is -0.396 e. The quantitative estimate of drug-likeness (QED) is 0.818. The van der Waals surface area contributed by atoms with Crippen LogP contribution in [0.5, 0.6) is 0 Å². The predicted octanol–water partition coefficient (Wildman–Crippen LogP) is 3.38. The highest BCUT2D eigenvalue weighted by Gasteiger charge is 2.26. The van der Waals surface area contributed by atoms with Gasteiger partial charge in [0.1, 0.15) is 16.8 Å². The third-order valence-corrected chi connectivity index (χ3v) is 4.57. The molecule has 1 saturated carbocycles. The standard InChI is InChI=1S/C15H24ClN3O/c1-9(2)14-18-13(16)10(3)15(19-14)17-7-11-5-4-6-12(11)8-20/h9,11-12,20H,4-8H2,1-3H3,(H,17,18,19). The van der Waals surface area contributed by atoms with Crippen molar-refractivity contribution in [1.82, 2.24) is 9.97 Å². The van der Waals surface area contributed by atoms with Crippen LogP contribution in [0.15, 0.2) is 0 Å². The third kappa shape index (κ3) is 3.41. The van der Waals surface area contributed by atoms with Crippen LogP contribution in [-0.4, -0.2) is 28.2 Å². The zero-order valence-corrected chi connectivity index (χ0v) is 13.2. The normalized spacial score (nSPS) is 22.5. The lowest BCUT2D eigenvalue weighted by molar-refractivity contribution is 0.199. The molecule has 20 heavy (non-hydrogen) atoms. The molecule has 1 aromatic rings. The fourth-order valence-electron chi connectivity index (χ4n) is 2.79. The second kappa shape index (κ2) is 6.72. The average molecular weight is 298 g/mol. The molecule has 1 heterocycles. The van der Waals surface area contributed by atoms with E-state index in [4.69, 9.17) is 11.6 Å². The van der Waals surface area contributed by atoms with Crippen molar-refractivity contribution in [1.29, 1.82) is 0 Å². The van der Waals surface area contributed by atoms with Gasteiger partial charge in [0.25, 0.3) is 0 Å². The van der Waals surface area contributed by atoms with Gasteiger partial charge in [-0.25, -0.2) is 9.97 Å². The summed E-state index contributed by atoms with van der Waals surface area (Å²) in [7, 11) is 0. The van der Waals surface area contributed by atoms with Gasteiger partial charge in [-0.05, 0) is 31.6 Å². The number of nitrogens with zero attached hydrogens (tertiary/aromatic N) is 2. The SMILES string of the molecule is Cc1c(Cl)nc(C(C)C)nc1NCC1CCCC1CO. The molecule has 0 saturated heterocycles. The zero-order valence-electron chi connectivity index (χ0n) is 12.5. The van der Waals surface area contributed by atoms with Gasteiger partial charge in [0.15, 0.2) is 0 Å². The fraction of sp³-hybridized carbons (Fsp3) is 0.733. The maximum atomic E-state index is 9.37. The van der Waals surface area contributed by atoms with E-state index in [1.165, 1.54) is 12.8 Å². The van der Waals surface area contributed by atoms with E-state index in [0.717, 1.165) is 30.2 Å². The molecule has 0 aliphatic heterocycles. The fourth-order valence-corrected chi connectivity index (χ4v) is 2.96. The second-order valence-electron chi connectivity index (χ2n) is 6.02. The number of hydrogen-bond acceptors (Lipinski definition) is 4. The van der Waals surface area contributed by atoms with Crippen molar-refractivity contribution in [2.75, 3.05) is 18.5 Å². The van der Waals surface area contributed by atoms with Crippen molar-refractivity contribution in [3.8, 4) is 0 Å². The monoisotopic (exact) mass is 297 g/mol. The van der Waals surface area contributed by atoms with Crippen molar-refractivity contribution in [2.45, 2.75) is 46.0 Å². The molecule has 0 amide bonds. The molecule has 2 atom stereocenters. The summed E-state index contributed by atoms with van der Waals surface area (Å²) in [6.07, 6.45) is 3.51. The lowest BCUT2D eigenvalue weighted by atomic mass is 9.97. The van der Waals surface area contributed by atoms with Crippen molar-refractivity contribution in [3.63, 3.8) is 0 Å². The first-order valence-corrected chi connectivity index (χ1v) is 7.79. The van der Waals surface area contributed by atoms with Gasteiger partial charge in [-0.1, -0.05) is 31.9 Å². The van der Waals surface area contributed by atoms with Crippen LogP contribution in [0.25, 0.3) is 0 Å². The van der Waals surface area contributed by atoms with Gasteiger partial charge < -0.3 is 10.4 Å². The van der Waals surface area contributed by atoms with E-state index in [2.05, 4.69) is 29.1 Å². The number of anilines is 1.